The summed E-state index contributed by atoms with van der Waals surface area (Å²) < 4.78 is 24.5. The minimum atomic E-state index is -2.95. The van der Waals surface area contributed by atoms with Gasteiger partial charge in [0.15, 0.2) is 0 Å². The average Bonchev–Trinajstić information content (AvgIpc) is 2.41. The summed E-state index contributed by atoms with van der Waals surface area (Å²) in [6, 6.07) is 1.89. The average molecular weight is 262 g/mol. The number of aryl methyl sites for hydroxylation is 1. The number of sulfone groups is 1. The van der Waals surface area contributed by atoms with E-state index in [0.717, 1.165) is 5.69 Å². The van der Waals surface area contributed by atoms with Gasteiger partial charge in [-0.1, -0.05) is 33.0 Å². The second-order valence-corrected chi connectivity index (χ2v) is 7.72. The van der Waals surface area contributed by atoms with Gasteiger partial charge in [-0.15, -0.1) is 0 Å². The largest absolute Gasteiger partial charge is 0.301 e. The molecular weight excluding hydrogens is 244 g/mol. The maximum absolute atomic E-state index is 11.1. The molecule has 0 aliphatic carbocycles. The van der Waals surface area contributed by atoms with E-state index in [4.69, 9.17) is 12.2 Å². The number of nitrogens with zero attached hydrogens (tertiary/aromatic N) is 1. The van der Waals surface area contributed by atoms with Gasteiger partial charge in [0.2, 0.25) is 0 Å². The standard InChI is InChI=1S/C10H18N2O2S2/c1-10(2,3)8-7-9(15)12(11-8)5-6-16(4,13)14/h7,11H,5-6H2,1-4H3. The lowest BCUT2D eigenvalue weighted by atomic mass is 9.93. The normalized spacial score (nSPS) is 13.0. The van der Waals surface area contributed by atoms with Gasteiger partial charge < -0.3 is 5.10 Å². The molecule has 0 amide bonds. The summed E-state index contributed by atoms with van der Waals surface area (Å²) in [7, 11) is -2.95. The maximum atomic E-state index is 11.1. The number of rotatable bonds is 3. The lowest BCUT2D eigenvalue weighted by Gasteiger charge is -2.15. The summed E-state index contributed by atoms with van der Waals surface area (Å²) in [6.07, 6.45) is 1.23. The van der Waals surface area contributed by atoms with Gasteiger partial charge in [0.1, 0.15) is 14.5 Å². The number of nitrogens with one attached hydrogen (secondary N) is 1. The van der Waals surface area contributed by atoms with Crippen molar-refractivity contribution in [3.8, 4) is 0 Å². The van der Waals surface area contributed by atoms with Crippen LogP contribution in [-0.4, -0.2) is 30.2 Å². The Hall–Kier alpha value is -0.620. The first kappa shape index (κ1) is 13.4. The highest BCUT2D eigenvalue weighted by Gasteiger charge is 2.16. The summed E-state index contributed by atoms with van der Waals surface area (Å²) in [4.78, 5) is 0. The smallest absolute Gasteiger partial charge is 0.149 e. The molecule has 1 heterocycles. The number of aromatic amines is 1. The molecule has 0 saturated carbocycles. The van der Waals surface area contributed by atoms with Crippen LogP contribution in [0.1, 0.15) is 26.5 Å². The van der Waals surface area contributed by atoms with Crippen molar-refractivity contribution in [1.82, 2.24) is 9.78 Å². The Balaban J connectivity index is 2.92. The lowest BCUT2D eigenvalue weighted by Crippen LogP contribution is -2.15. The molecule has 0 radical (unpaired) electrons. The van der Waals surface area contributed by atoms with Crippen molar-refractivity contribution in [2.24, 2.45) is 0 Å². The Morgan fingerprint density at radius 2 is 2.00 bits per heavy atom. The van der Waals surface area contributed by atoms with E-state index in [0.29, 0.717) is 11.2 Å². The number of aromatic nitrogens is 2. The fourth-order valence-corrected chi connectivity index (χ4v) is 2.01. The Bertz CT molecular complexity index is 518. The molecule has 1 rings (SSSR count). The molecular formula is C10H18N2O2S2. The van der Waals surface area contributed by atoms with Gasteiger partial charge in [-0.05, 0) is 6.07 Å². The van der Waals surface area contributed by atoms with Crippen LogP contribution in [0.15, 0.2) is 6.07 Å². The van der Waals surface area contributed by atoms with E-state index in [1.54, 1.807) is 4.68 Å². The zero-order valence-electron chi connectivity index (χ0n) is 10.1. The molecule has 0 fully saturated rings. The van der Waals surface area contributed by atoms with Crippen LogP contribution in [0.4, 0.5) is 0 Å². The Morgan fingerprint density at radius 3 is 2.38 bits per heavy atom. The molecule has 0 unspecified atom stereocenters. The molecule has 0 saturated heterocycles. The number of hydrogen-bond donors (Lipinski definition) is 1. The van der Waals surface area contributed by atoms with Crippen LogP contribution >= 0.6 is 12.2 Å². The zero-order valence-corrected chi connectivity index (χ0v) is 11.7. The van der Waals surface area contributed by atoms with Crippen LogP contribution in [0.5, 0.6) is 0 Å². The van der Waals surface area contributed by atoms with Crippen molar-refractivity contribution in [3.05, 3.63) is 16.4 Å². The van der Waals surface area contributed by atoms with E-state index >= 15 is 0 Å². The molecule has 4 nitrogen and oxygen atoms in total. The fourth-order valence-electron chi connectivity index (χ4n) is 1.24. The highest BCUT2D eigenvalue weighted by atomic mass is 32.2. The molecule has 0 aliphatic heterocycles. The second kappa shape index (κ2) is 4.33. The van der Waals surface area contributed by atoms with E-state index < -0.39 is 9.84 Å². The summed E-state index contributed by atoms with van der Waals surface area (Å²) in [5, 5.41) is 3.14. The molecule has 1 N–H and O–H groups in total. The van der Waals surface area contributed by atoms with E-state index in [-0.39, 0.29) is 11.2 Å². The van der Waals surface area contributed by atoms with Crippen molar-refractivity contribution >= 4 is 22.1 Å². The second-order valence-electron chi connectivity index (χ2n) is 5.04. The van der Waals surface area contributed by atoms with Crippen LogP contribution in [0.2, 0.25) is 0 Å². The molecule has 0 spiro atoms. The zero-order chi connectivity index (χ0) is 12.6. The number of hydrogen-bond acceptors (Lipinski definition) is 3. The third-order valence-electron chi connectivity index (χ3n) is 2.28. The molecule has 16 heavy (non-hydrogen) atoms. The molecule has 0 aliphatic rings. The highest BCUT2D eigenvalue weighted by molar-refractivity contribution is 7.90. The SMILES string of the molecule is CC(C)(C)c1cc(=S)n(CCS(C)(=O)=O)[nH]1. The minimum absolute atomic E-state index is 0.0100. The molecule has 1 aromatic rings. The van der Waals surface area contributed by atoms with Crippen LogP contribution in [-0.2, 0) is 21.8 Å². The molecule has 0 atom stereocenters. The first-order valence-corrected chi connectivity index (χ1v) is 7.54. The summed E-state index contributed by atoms with van der Waals surface area (Å²) in [5.74, 6) is 0.103. The van der Waals surface area contributed by atoms with Crippen LogP contribution in [0, 0.1) is 4.64 Å². The van der Waals surface area contributed by atoms with E-state index in [2.05, 4.69) is 25.9 Å². The first-order valence-electron chi connectivity index (χ1n) is 5.08. The summed E-state index contributed by atoms with van der Waals surface area (Å²) >= 11 is 5.17. The van der Waals surface area contributed by atoms with Crippen LogP contribution in [0.3, 0.4) is 0 Å². The monoisotopic (exact) mass is 262 g/mol. The van der Waals surface area contributed by atoms with Crippen LogP contribution < -0.4 is 0 Å². The van der Waals surface area contributed by atoms with Gasteiger partial charge in [0.05, 0.1) is 12.3 Å². The van der Waals surface area contributed by atoms with Crippen molar-refractivity contribution < 1.29 is 8.42 Å². The van der Waals surface area contributed by atoms with E-state index in [1.807, 2.05) is 6.07 Å². The number of H-pyrrole nitrogens is 1. The van der Waals surface area contributed by atoms with Gasteiger partial charge in [0.25, 0.3) is 0 Å². The highest BCUT2D eigenvalue weighted by Crippen LogP contribution is 2.20. The van der Waals surface area contributed by atoms with Crippen LogP contribution in [0.25, 0.3) is 0 Å². The summed E-state index contributed by atoms with van der Waals surface area (Å²) in [5.41, 5.74) is 1.01. The van der Waals surface area contributed by atoms with Crippen molar-refractivity contribution in [3.63, 3.8) is 0 Å². The third-order valence-corrected chi connectivity index (χ3v) is 3.55. The van der Waals surface area contributed by atoms with E-state index in [9.17, 15) is 8.42 Å². The van der Waals surface area contributed by atoms with Crippen molar-refractivity contribution in [2.45, 2.75) is 32.7 Å². The predicted octanol–water partition coefficient (Wildman–Crippen LogP) is 1.89. The lowest BCUT2D eigenvalue weighted by molar-refractivity contribution is 0.536. The molecule has 92 valence electrons. The van der Waals surface area contributed by atoms with Gasteiger partial charge >= 0.3 is 0 Å². The fraction of sp³-hybridized carbons (Fsp3) is 0.700. The third kappa shape index (κ3) is 3.75. The van der Waals surface area contributed by atoms with Crippen molar-refractivity contribution in [1.29, 1.82) is 0 Å². The Labute approximate surface area is 102 Å². The molecule has 0 bridgehead atoms. The first-order chi connectivity index (χ1) is 7.09. The van der Waals surface area contributed by atoms with Gasteiger partial charge in [0, 0.05) is 17.4 Å². The summed E-state index contributed by atoms with van der Waals surface area (Å²) in [6.45, 7) is 6.62. The van der Waals surface area contributed by atoms with E-state index in [1.165, 1.54) is 6.26 Å². The Kier molecular flexibility index (Phi) is 3.64. The van der Waals surface area contributed by atoms with Gasteiger partial charge in [-0.3, -0.25) is 4.68 Å². The topological polar surface area (TPSA) is 54.9 Å². The molecule has 6 heteroatoms. The quantitative estimate of drug-likeness (QED) is 0.846. The van der Waals surface area contributed by atoms with Gasteiger partial charge in [-0.25, -0.2) is 8.42 Å². The molecule has 0 aromatic carbocycles. The van der Waals surface area contributed by atoms with Gasteiger partial charge in [-0.2, -0.15) is 0 Å². The maximum Gasteiger partial charge on any atom is 0.149 e. The molecule has 1 aromatic heterocycles. The van der Waals surface area contributed by atoms with Crippen molar-refractivity contribution in [2.75, 3.05) is 12.0 Å². The Morgan fingerprint density at radius 1 is 1.44 bits per heavy atom. The predicted molar refractivity (Wildman–Crippen MR) is 68.0 cm³/mol. The minimum Gasteiger partial charge on any atom is -0.301 e.